The molecule has 10 heteroatoms. The van der Waals surface area contributed by atoms with Crippen molar-refractivity contribution in [1.29, 1.82) is 0 Å². The van der Waals surface area contributed by atoms with Gasteiger partial charge in [0.1, 0.15) is 17.8 Å². The van der Waals surface area contributed by atoms with Gasteiger partial charge in [-0.1, -0.05) is 70.0 Å². The molecule has 0 aliphatic carbocycles. The lowest BCUT2D eigenvalue weighted by molar-refractivity contribution is -0.133. The van der Waals surface area contributed by atoms with Gasteiger partial charge < -0.3 is 26.8 Å². The summed E-state index contributed by atoms with van der Waals surface area (Å²) in [6, 6.07) is 11.3. The van der Waals surface area contributed by atoms with E-state index in [-0.39, 0.29) is 42.3 Å². The molecule has 0 saturated heterocycles. The normalized spacial score (nSPS) is 14.0. The summed E-state index contributed by atoms with van der Waals surface area (Å²) in [5.41, 5.74) is 7.78. The van der Waals surface area contributed by atoms with Crippen LogP contribution in [0.2, 0.25) is 5.02 Å². The first kappa shape index (κ1) is 33.2. The molecule has 2 aromatic carbocycles. The standard InChI is InChI=1S/C28H39ClN4O4.ClH/c1-5-18(4)25(28(37)31-15-14-19-6-10-21(29)11-7-19)33-26(35)23(32-27(36)24(30)17(2)3)16-20-8-12-22(34)13-9-20;/h6-13,17-18,23-25,34H,5,14-16,30H2,1-4H3,(H,31,37)(H,32,36)(H,33,35);1H/t18?,23-,24-,25-;/m0./s1. The van der Waals surface area contributed by atoms with Crippen LogP contribution in [0.5, 0.6) is 5.75 Å². The minimum absolute atomic E-state index is 0. The largest absolute Gasteiger partial charge is 0.508 e. The van der Waals surface area contributed by atoms with E-state index in [2.05, 4.69) is 16.0 Å². The molecule has 38 heavy (non-hydrogen) atoms. The van der Waals surface area contributed by atoms with Crippen LogP contribution in [0.4, 0.5) is 0 Å². The highest BCUT2D eigenvalue weighted by Gasteiger charge is 2.31. The van der Waals surface area contributed by atoms with Crippen molar-refractivity contribution in [3.8, 4) is 5.75 Å². The van der Waals surface area contributed by atoms with E-state index in [1.165, 1.54) is 12.1 Å². The van der Waals surface area contributed by atoms with Gasteiger partial charge >= 0.3 is 0 Å². The van der Waals surface area contributed by atoms with E-state index in [9.17, 15) is 19.5 Å². The first-order chi connectivity index (χ1) is 17.5. The van der Waals surface area contributed by atoms with Gasteiger partial charge in [0.2, 0.25) is 17.7 Å². The number of benzene rings is 2. The van der Waals surface area contributed by atoms with Gasteiger partial charge in [-0.15, -0.1) is 12.4 Å². The second kappa shape index (κ2) is 16.2. The number of aromatic hydroxyl groups is 1. The highest BCUT2D eigenvalue weighted by Crippen LogP contribution is 2.14. The summed E-state index contributed by atoms with van der Waals surface area (Å²) in [7, 11) is 0. The summed E-state index contributed by atoms with van der Waals surface area (Å²) in [5.74, 6) is -1.36. The maximum Gasteiger partial charge on any atom is 0.243 e. The molecule has 4 atom stereocenters. The summed E-state index contributed by atoms with van der Waals surface area (Å²) >= 11 is 5.93. The molecule has 0 aliphatic heterocycles. The van der Waals surface area contributed by atoms with Crippen LogP contribution in [0.15, 0.2) is 48.5 Å². The molecule has 2 aromatic rings. The van der Waals surface area contributed by atoms with Gasteiger partial charge in [-0.05, 0) is 53.6 Å². The van der Waals surface area contributed by atoms with E-state index >= 15 is 0 Å². The molecular weight excluding hydrogens is 527 g/mol. The Morgan fingerprint density at radius 1 is 0.895 bits per heavy atom. The Labute approximate surface area is 236 Å². The second-order valence-corrected chi connectivity index (χ2v) is 10.2. The zero-order chi connectivity index (χ0) is 27.5. The van der Waals surface area contributed by atoms with Crippen molar-refractivity contribution < 1.29 is 19.5 Å². The van der Waals surface area contributed by atoms with Crippen LogP contribution < -0.4 is 21.7 Å². The summed E-state index contributed by atoms with van der Waals surface area (Å²) in [6.07, 6.45) is 1.47. The van der Waals surface area contributed by atoms with E-state index in [1.807, 2.05) is 39.8 Å². The van der Waals surface area contributed by atoms with Crippen molar-refractivity contribution >= 4 is 41.7 Å². The average molecular weight is 568 g/mol. The molecule has 1 unspecified atom stereocenters. The summed E-state index contributed by atoms with van der Waals surface area (Å²) in [5, 5.41) is 18.8. The Hall–Kier alpha value is -2.81. The number of phenols is 1. The SMILES string of the molecule is CCC(C)[C@H](NC(=O)[C@H](Cc1ccc(O)cc1)NC(=O)[C@@H](N)C(C)C)C(=O)NCCc1ccc(Cl)cc1.Cl. The number of nitrogens with two attached hydrogens (primary N) is 1. The Bertz CT molecular complexity index is 1030. The lowest BCUT2D eigenvalue weighted by Gasteiger charge is -2.27. The van der Waals surface area contributed by atoms with Gasteiger partial charge in [0, 0.05) is 18.0 Å². The van der Waals surface area contributed by atoms with Crippen LogP contribution in [0.1, 0.15) is 45.2 Å². The van der Waals surface area contributed by atoms with Gasteiger partial charge in [0.15, 0.2) is 0 Å². The van der Waals surface area contributed by atoms with Crippen molar-refractivity contribution in [1.82, 2.24) is 16.0 Å². The van der Waals surface area contributed by atoms with Crippen molar-refractivity contribution in [2.45, 2.75) is 65.1 Å². The van der Waals surface area contributed by atoms with Crippen LogP contribution in [0.25, 0.3) is 0 Å². The number of nitrogens with one attached hydrogen (secondary N) is 3. The zero-order valence-electron chi connectivity index (χ0n) is 22.4. The van der Waals surface area contributed by atoms with Crippen LogP contribution in [0.3, 0.4) is 0 Å². The molecule has 0 saturated carbocycles. The maximum absolute atomic E-state index is 13.4. The monoisotopic (exact) mass is 566 g/mol. The zero-order valence-corrected chi connectivity index (χ0v) is 23.9. The molecule has 8 nitrogen and oxygen atoms in total. The Morgan fingerprint density at radius 3 is 2.03 bits per heavy atom. The van der Waals surface area contributed by atoms with Crippen LogP contribution >= 0.6 is 24.0 Å². The number of carbonyl (C=O) groups excluding carboxylic acids is 3. The van der Waals surface area contributed by atoms with Gasteiger partial charge in [-0.25, -0.2) is 0 Å². The fourth-order valence-electron chi connectivity index (χ4n) is 3.69. The number of carbonyl (C=O) groups is 3. The number of rotatable bonds is 13. The van der Waals surface area contributed by atoms with Gasteiger partial charge in [-0.2, -0.15) is 0 Å². The predicted molar refractivity (Wildman–Crippen MR) is 153 cm³/mol. The minimum Gasteiger partial charge on any atom is -0.508 e. The molecule has 0 aliphatic rings. The van der Waals surface area contributed by atoms with Gasteiger partial charge in [0.05, 0.1) is 6.04 Å². The Balaban J connectivity index is 0.00000722. The van der Waals surface area contributed by atoms with Crippen molar-refractivity contribution in [2.24, 2.45) is 17.6 Å². The van der Waals surface area contributed by atoms with E-state index < -0.39 is 29.9 Å². The predicted octanol–water partition coefficient (Wildman–Crippen LogP) is 3.37. The fraction of sp³-hybridized carbons (Fsp3) is 0.464. The third kappa shape index (κ3) is 10.5. The summed E-state index contributed by atoms with van der Waals surface area (Å²) in [4.78, 5) is 39.2. The topological polar surface area (TPSA) is 134 Å². The number of hydrogen-bond acceptors (Lipinski definition) is 5. The van der Waals surface area contributed by atoms with Crippen molar-refractivity contribution in [3.05, 3.63) is 64.7 Å². The van der Waals surface area contributed by atoms with Crippen LogP contribution in [-0.4, -0.2) is 47.5 Å². The lowest BCUT2D eigenvalue weighted by Crippen LogP contribution is -2.58. The number of phenolic OH excluding ortho intramolecular Hbond substituents is 1. The first-order valence-electron chi connectivity index (χ1n) is 12.7. The molecule has 0 heterocycles. The molecule has 0 spiro atoms. The lowest BCUT2D eigenvalue weighted by atomic mass is 9.96. The first-order valence-corrected chi connectivity index (χ1v) is 13.1. The van der Waals surface area contributed by atoms with Crippen molar-refractivity contribution in [2.75, 3.05) is 6.54 Å². The molecule has 0 fully saturated rings. The number of hydrogen-bond donors (Lipinski definition) is 5. The molecule has 0 aromatic heterocycles. The molecule has 6 N–H and O–H groups in total. The Kier molecular flexibility index (Phi) is 14.2. The quantitative estimate of drug-likeness (QED) is 0.253. The van der Waals surface area contributed by atoms with Gasteiger partial charge in [-0.3, -0.25) is 14.4 Å². The highest BCUT2D eigenvalue weighted by molar-refractivity contribution is 6.30. The average Bonchev–Trinajstić information content (AvgIpc) is 2.87. The van der Waals surface area contributed by atoms with Crippen LogP contribution in [-0.2, 0) is 27.2 Å². The second-order valence-electron chi connectivity index (χ2n) is 9.74. The Morgan fingerprint density at radius 2 is 1.47 bits per heavy atom. The molecule has 2 rings (SSSR count). The smallest absolute Gasteiger partial charge is 0.243 e. The molecule has 3 amide bonds. The highest BCUT2D eigenvalue weighted by atomic mass is 35.5. The fourth-order valence-corrected chi connectivity index (χ4v) is 3.82. The molecule has 210 valence electrons. The van der Waals surface area contributed by atoms with E-state index in [0.717, 1.165) is 11.1 Å². The van der Waals surface area contributed by atoms with Crippen LogP contribution in [0, 0.1) is 11.8 Å². The number of halogens is 2. The van der Waals surface area contributed by atoms with E-state index in [0.29, 0.717) is 24.4 Å². The third-order valence-corrected chi connectivity index (χ3v) is 6.70. The number of amides is 3. The van der Waals surface area contributed by atoms with Gasteiger partial charge in [0.25, 0.3) is 0 Å². The maximum atomic E-state index is 13.4. The van der Waals surface area contributed by atoms with Crippen molar-refractivity contribution in [3.63, 3.8) is 0 Å². The van der Waals surface area contributed by atoms with E-state index in [1.54, 1.807) is 24.3 Å². The summed E-state index contributed by atoms with van der Waals surface area (Å²) < 4.78 is 0. The third-order valence-electron chi connectivity index (χ3n) is 6.45. The molecule has 0 radical (unpaired) electrons. The molecular formula is C28H40Cl2N4O4. The summed E-state index contributed by atoms with van der Waals surface area (Å²) in [6.45, 7) is 7.90. The minimum atomic E-state index is -0.949. The van der Waals surface area contributed by atoms with E-state index in [4.69, 9.17) is 17.3 Å². The molecule has 0 bridgehead atoms.